The standard InChI is InChI=1S/C22H28N6O4S6/c29-11-14(12-33)27-38-37-10-8-26-21(31)16-4-2-6-24-19(16)18-15(3-1-5-23-18)20(30)25-7-9-36-28-17(13-34)22(32)35/h1-6,12,14,17,27-29,34H,7-11,13H2,(H,25,30)(H,26,31)(H,32,35)/t14-,17+/m1/s1. The van der Waals surface area contributed by atoms with E-state index < -0.39 is 6.04 Å². The molecule has 0 saturated carbocycles. The fourth-order valence-corrected chi connectivity index (χ4v) is 6.14. The lowest BCUT2D eigenvalue weighted by molar-refractivity contribution is -0.111. The first-order chi connectivity index (χ1) is 18.4. The van der Waals surface area contributed by atoms with Gasteiger partial charge in [0.25, 0.3) is 11.8 Å². The van der Waals surface area contributed by atoms with Gasteiger partial charge in [0, 0.05) is 42.7 Å². The molecule has 0 aliphatic heterocycles. The van der Waals surface area contributed by atoms with Crippen molar-refractivity contribution in [2.75, 3.05) is 37.0 Å². The van der Waals surface area contributed by atoms with Crippen LogP contribution in [0.4, 0.5) is 0 Å². The number of amides is 2. The summed E-state index contributed by atoms with van der Waals surface area (Å²) in [7, 11) is 2.81. The summed E-state index contributed by atoms with van der Waals surface area (Å²) in [6.07, 6.45) is 3.08. The molecular formula is C22H28N6O4S6. The topological polar surface area (TPSA) is 145 Å². The molecule has 0 fully saturated rings. The summed E-state index contributed by atoms with van der Waals surface area (Å²) in [4.78, 5) is 45.9. The Kier molecular flexibility index (Phi) is 16.3. The number of hydrogen-bond donors (Lipinski definition) is 7. The van der Waals surface area contributed by atoms with Crippen LogP contribution in [0.5, 0.6) is 0 Å². The molecule has 2 heterocycles. The number of aromatic nitrogens is 2. The van der Waals surface area contributed by atoms with Crippen LogP contribution in [-0.2, 0) is 4.79 Å². The SMILES string of the molecule is O=C(NCCSN[C@@H](CS)C(=O)S)c1cccnc1-c1ncccc1C(=O)NCCSSN[C@@H](C=S)CO. The Morgan fingerprint density at radius 3 is 2.08 bits per heavy atom. The third-order valence-electron chi connectivity index (χ3n) is 4.62. The van der Waals surface area contributed by atoms with Crippen LogP contribution in [-0.4, -0.2) is 86.4 Å². The van der Waals surface area contributed by atoms with Gasteiger partial charge in [0.15, 0.2) is 0 Å². The third kappa shape index (κ3) is 11.0. The van der Waals surface area contributed by atoms with Gasteiger partial charge in [-0.3, -0.25) is 29.1 Å². The van der Waals surface area contributed by atoms with Gasteiger partial charge in [-0.2, -0.15) is 12.6 Å². The van der Waals surface area contributed by atoms with Crippen LogP contribution in [0.1, 0.15) is 20.7 Å². The highest BCUT2D eigenvalue weighted by Crippen LogP contribution is 2.23. The second-order valence-corrected chi connectivity index (χ2v) is 11.6. The van der Waals surface area contributed by atoms with Crippen LogP contribution in [0.3, 0.4) is 0 Å². The predicted molar refractivity (Wildman–Crippen MR) is 167 cm³/mol. The van der Waals surface area contributed by atoms with Crippen molar-refractivity contribution in [3.05, 3.63) is 47.8 Å². The van der Waals surface area contributed by atoms with Gasteiger partial charge in [0.2, 0.25) is 5.12 Å². The highest BCUT2D eigenvalue weighted by molar-refractivity contribution is 8.76. The molecule has 0 bridgehead atoms. The average Bonchev–Trinajstić information content (AvgIpc) is 2.94. The molecule has 0 saturated heterocycles. The van der Waals surface area contributed by atoms with Crippen molar-refractivity contribution in [3.8, 4) is 11.4 Å². The zero-order chi connectivity index (χ0) is 27.8. The number of nitrogens with one attached hydrogen (secondary N) is 4. The van der Waals surface area contributed by atoms with E-state index in [1.54, 1.807) is 24.3 Å². The van der Waals surface area contributed by atoms with Crippen molar-refractivity contribution in [2.45, 2.75) is 12.1 Å². The lowest BCUT2D eigenvalue weighted by Crippen LogP contribution is -2.33. The number of thiocarbonyl (C=S) groups is 1. The van der Waals surface area contributed by atoms with Gasteiger partial charge >= 0.3 is 0 Å². The van der Waals surface area contributed by atoms with Crippen molar-refractivity contribution in [1.82, 2.24) is 30.0 Å². The molecule has 0 radical (unpaired) electrons. The van der Waals surface area contributed by atoms with Crippen molar-refractivity contribution in [1.29, 1.82) is 0 Å². The van der Waals surface area contributed by atoms with E-state index in [1.807, 2.05) is 0 Å². The lowest BCUT2D eigenvalue weighted by Gasteiger charge is -2.13. The number of aliphatic hydroxyl groups excluding tert-OH is 1. The maximum atomic E-state index is 12.9. The third-order valence-corrected chi connectivity index (χ3v) is 8.51. The fourth-order valence-electron chi connectivity index (χ4n) is 2.74. The molecule has 2 atom stereocenters. The number of aliphatic hydroxyl groups is 1. The number of pyridine rings is 2. The van der Waals surface area contributed by atoms with Crippen molar-refractivity contribution in [3.63, 3.8) is 0 Å². The van der Waals surface area contributed by atoms with Crippen LogP contribution in [0, 0.1) is 0 Å². The minimum Gasteiger partial charge on any atom is -0.394 e. The Hall–Kier alpha value is -1.37. The Balaban J connectivity index is 1.96. The van der Waals surface area contributed by atoms with E-state index in [4.69, 9.17) is 17.3 Å². The first-order valence-electron chi connectivity index (χ1n) is 11.2. The normalized spacial score (nSPS) is 12.4. The maximum absolute atomic E-state index is 12.9. The zero-order valence-electron chi connectivity index (χ0n) is 20.0. The Bertz CT molecular complexity index is 1080. The van der Waals surface area contributed by atoms with Crippen LogP contribution in [0.2, 0.25) is 0 Å². The molecule has 10 nitrogen and oxygen atoms in total. The van der Waals surface area contributed by atoms with Crippen LogP contribution in [0.15, 0.2) is 36.7 Å². The summed E-state index contributed by atoms with van der Waals surface area (Å²) in [5, 5.41) is 15.9. The van der Waals surface area contributed by atoms with Crippen LogP contribution in [0.25, 0.3) is 11.4 Å². The van der Waals surface area contributed by atoms with Gasteiger partial charge < -0.3 is 15.7 Å². The van der Waals surface area contributed by atoms with E-state index in [2.05, 4.69) is 55.3 Å². The summed E-state index contributed by atoms with van der Waals surface area (Å²) in [6, 6.07) is 5.78. The number of rotatable bonds is 18. The molecule has 38 heavy (non-hydrogen) atoms. The summed E-state index contributed by atoms with van der Waals surface area (Å²) in [5.41, 5.74) is 1.17. The second-order valence-electron chi connectivity index (χ2n) is 7.30. The summed E-state index contributed by atoms with van der Waals surface area (Å²) >= 11 is 14.0. The van der Waals surface area contributed by atoms with Crippen molar-refractivity contribution in [2.24, 2.45) is 0 Å². The fraction of sp³-hybridized carbons (Fsp3) is 0.364. The van der Waals surface area contributed by atoms with Gasteiger partial charge in [0.1, 0.15) is 11.4 Å². The molecule has 2 aromatic heterocycles. The molecule has 2 amide bonds. The van der Waals surface area contributed by atoms with Gasteiger partial charge in [-0.05, 0) is 40.6 Å². The highest BCUT2D eigenvalue weighted by atomic mass is 33.1. The highest BCUT2D eigenvalue weighted by Gasteiger charge is 2.20. The number of carbonyl (C=O) groups is 3. The number of hydrogen-bond acceptors (Lipinski definition) is 13. The molecule has 16 heteroatoms. The van der Waals surface area contributed by atoms with E-state index in [0.29, 0.717) is 47.3 Å². The van der Waals surface area contributed by atoms with Crippen molar-refractivity contribution < 1.29 is 19.5 Å². The largest absolute Gasteiger partial charge is 0.394 e. The molecular weight excluding hydrogens is 605 g/mol. The van der Waals surface area contributed by atoms with E-state index in [9.17, 15) is 14.4 Å². The first kappa shape index (κ1) is 32.8. The number of nitrogens with zero attached hydrogens (tertiary/aromatic N) is 2. The minimum absolute atomic E-state index is 0.0866. The molecule has 0 unspecified atom stereocenters. The average molecular weight is 633 g/mol. The Morgan fingerprint density at radius 2 is 1.58 bits per heavy atom. The minimum atomic E-state index is -0.482. The molecule has 2 aromatic rings. The first-order valence-corrected chi connectivity index (χ1v) is 16.1. The Morgan fingerprint density at radius 1 is 1.00 bits per heavy atom. The van der Waals surface area contributed by atoms with Crippen LogP contribution < -0.4 is 20.1 Å². The number of carbonyl (C=O) groups excluding carboxylic acids is 3. The summed E-state index contributed by atoms with van der Waals surface area (Å²) in [6.45, 7) is 0.632. The summed E-state index contributed by atoms with van der Waals surface area (Å²) < 4.78 is 5.95. The van der Waals surface area contributed by atoms with Gasteiger partial charge in [-0.15, -0.1) is 12.6 Å². The number of thiol groups is 2. The molecule has 206 valence electrons. The van der Waals surface area contributed by atoms with E-state index >= 15 is 0 Å². The lowest BCUT2D eigenvalue weighted by atomic mass is 10.0. The van der Waals surface area contributed by atoms with E-state index in [1.165, 1.54) is 51.5 Å². The molecule has 0 aromatic carbocycles. The molecule has 0 aliphatic rings. The maximum Gasteiger partial charge on any atom is 0.253 e. The second kappa shape index (κ2) is 18.8. The van der Waals surface area contributed by atoms with Crippen LogP contribution >= 0.6 is 71.2 Å². The molecule has 2 rings (SSSR count). The van der Waals surface area contributed by atoms with Crippen molar-refractivity contribution >= 4 is 93.5 Å². The quantitative estimate of drug-likeness (QED) is 0.0423. The molecule has 0 spiro atoms. The molecule has 0 aliphatic carbocycles. The molecule has 5 N–H and O–H groups in total. The Labute approximate surface area is 249 Å². The summed E-state index contributed by atoms with van der Waals surface area (Å²) in [5.74, 6) is 0.725. The van der Waals surface area contributed by atoms with Gasteiger partial charge in [0.05, 0.1) is 29.8 Å². The van der Waals surface area contributed by atoms with Gasteiger partial charge in [-0.1, -0.05) is 35.0 Å². The van der Waals surface area contributed by atoms with E-state index in [0.717, 1.165) is 0 Å². The zero-order valence-corrected chi connectivity index (χ0v) is 25.1. The monoisotopic (exact) mass is 632 g/mol. The smallest absolute Gasteiger partial charge is 0.253 e. The van der Waals surface area contributed by atoms with Gasteiger partial charge in [-0.25, -0.2) is 4.72 Å². The predicted octanol–water partition coefficient (Wildman–Crippen LogP) is 1.84. The van der Waals surface area contributed by atoms with E-state index in [-0.39, 0.29) is 35.1 Å².